The number of methoxy groups -OCH3 is 1. The molecule has 4 rings (SSSR count). The largest absolute Gasteiger partial charge is 0.380 e. The van der Waals surface area contributed by atoms with Crippen molar-refractivity contribution >= 4 is 23.2 Å². The Hall–Kier alpha value is -2.96. The maximum atomic E-state index is 13.0. The van der Waals surface area contributed by atoms with Crippen molar-refractivity contribution in [2.75, 3.05) is 20.2 Å². The number of carbonyl (C=O) groups is 2. The molecule has 1 atom stereocenters. The van der Waals surface area contributed by atoms with E-state index in [1.807, 2.05) is 42.5 Å². The summed E-state index contributed by atoms with van der Waals surface area (Å²) in [7, 11) is 1.64. The molecule has 6 heteroatoms. The molecule has 0 bridgehead atoms. The number of hydrogen-bond acceptors (Lipinski definition) is 4. The average Bonchev–Trinajstić information content (AvgIpc) is 3.46. The van der Waals surface area contributed by atoms with Gasteiger partial charge in [0.1, 0.15) is 0 Å². The Morgan fingerprint density at radius 3 is 2.58 bits per heavy atom. The molecule has 2 aromatic carbocycles. The molecule has 1 saturated heterocycles. The Bertz CT molecular complexity index is 1060. The van der Waals surface area contributed by atoms with E-state index in [1.54, 1.807) is 23.3 Å². The predicted octanol–water partition coefficient (Wildman–Crippen LogP) is 4.12. The smallest absolute Gasteiger partial charge is 0.253 e. The van der Waals surface area contributed by atoms with E-state index < -0.39 is 5.41 Å². The van der Waals surface area contributed by atoms with Gasteiger partial charge < -0.3 is 15.4 Å². The lowest BCUT2D eigenvalue weighted by Gasteiger charge is -2.26. The van der Waals surface area contributed by atoms with Crippen molar-refractivity contribution in [1.82, 2.24) is 4.90 Å². The lowest BCUT2D eigenvalue weighted by atomic mass is 9.80. The zero-order valence-electron chi connectivity index (χ0n) is 17.5. The summed E-state index contributed by atoms with van der Waals surface area (Å²) in [5.41, 5.74) is 8.94. The minimum atomic E-state index is -0.750. The molecule has 160 valence electrons. The second kappa shape index (κ2) is 9.04. The lowest BCUT2D eigenvalue weighted by Crippen LogP contribution is -2.42. The fourth-order valence-corrected chi connectivity index (χ4v) is 4.96. The minimum Gasteiger partial charge on any atom is -0.380 e. The predicted molar refractivity (Wildman–Crippen MR) is 123 cm³/mol. The molecule has 2 amide bonds. The van der Waals surface area contributed by atoms with Crippen molar-refractivity contribution in [3.63, 3.8) is 0 Å². The second-order valence-corrected chi connectivity index (χ2v) is 9.05. The van der Waals surface area contributed by atoms with Crippen LogP contribution in [0.2, 0.25) is 0 Å². The first-order valence-electron chi connectivity index (χ1n) is 10.3. The van der Waals surface area contributed by atoms with E-state index in [1.165, 1.54) is 4.88 Å². The van der Waals surface area contributed by atoms with Crippen molar-refractivity contribution < 1.29 is 14.3 Å². The Morgan fingerprint density at radius 1 is 1.10 bits per heavy atom. The van der Waals surface area contributed by atoms with Crippen LogP contribution in [0.1, 0.15) is 27.9 Å². The molecule has 5 nitrogen and oxygen atoms in total. The molecule has 0 aliphatic carbocycles. The number of carbonyl (C=O) groups excluding carboxylic acids is 2. The van der Waals surface area contributed by atoms with Crippen LogP contribution in [0.3, 0.4) is 0 Å². The summed E-state index contributed by atoms with van der Waals surface area (Å²) in [4.78, 5) is 28.5. The third-order valence-electron chi connectivity index (χ3n) is 5.95. The van der Waals surface area contributed by atoms with Gasteiger partial charge in [0.2, 0.25) is 5.91 Å². The number of amides is 2. The third-order valence-corrected chi connectivity index (χ3v) is 6.87. The number of nitrogens with zero attached hydrogens (tertiary/aromatic N) is 1. The van der Waals surface area contributed by atoms with Gasteiger partial charge in [-0.15, -0.1) is 11.3 Å². The molecular weight excluding hydrogens is 408 g/mol. The highest BCUT2D eigenvalue weighted by molar-refractivity contribution is 7.13. The van der Waals surface area contributed by atoms with Gasteiger partial charge >= 0.3 is 0 Å². The summed E-state index contributed by atoms with van der Waals surface area (Å²) in [6, 6.07) is 19.8. The van der Waals surface area contributed by atoms with E-state index in [-0.39, 0.29) is 11.8 Å². The highest BCUT2D eigenvalue weighted by Gasteiger charge is 2.44. The molecule has 3 aromatic rings. The van der Waals surface area contributed by atoms with E-state index >= 15 is 0 Å². The molecule has 1 fully saturated rings. The number of thiophene rings is 1. The van der Waals surface area contributed by atoms with Crippen LogP contribution in [0.25, 0.3) is 10.4 Å². The van der Waals surface area contributed by atoms with Crippen LogP contribution in [0.5, 0.6) is 0 Å². The highest BCUT2D eigenvalue weighted by atomic mass is 32.1. The van der Waals surface area contributed by atoms with Crippen LogP contribution in [-0.4, -0.2) is 36.9 Å². The number of benzene rings is 2. The molecule has 0 radical (unpaired) electrons. The number of likely N-dealkylation sites (tertiary alicyclic amines) is 1. The lowest BCUT2D eigenvalue weighted by molar-refractivity contribution is -0.126. The molecule has 1 aliphatic heterocycles. The van der Waals surface area contributed by atoms with Gasteiger partial charge in [-0.05, 0) is 53.1 Å². The molecule has 2 N–H and O–H groups in total. The molecule has 1 aliphatic rings. The maximum absolute atomic E-state index is 13.0. The van der Waals surface area contributed by atoms with E-state index in [2.05, 4.69) is 23.6 Å². The highest BCUT2D eigenvalue weighted by Crippen LogP contribution is 2.36. The van der Waals surface area contributed by atoms with Crippen LogP contribution in [0.15, 0.2) is 66.0 Å². The number of ether oxygens (including phenoxy) is 1. The summed E-state index contributed by atoms with van der Waals surface area (Å²) in [6.07, 6.45) is 1.09. The van der Waals surface area contributed by atoms with Gasteiger partial charge in [-0.25, -0.2) is 0 Å². The van der Waals surface area contributed by atoms with Gasteiger partial charge in [-0.2, -0.15) is 0 Å². The molecule has 1 aromatic heterocycles. The van der Waals surface area contributed by atoms with Gasteiger partial charge in [0.15, 0.2) is 0 Å². The summed E-state index contributed by atoms with van der Waals surface area (Å²) < 4.78 is 5.12. The molecule has 0 unspecified atom stereocenters. The van der Waals surface area contributed by atoms with Crippen molar-refractivity contribution in [2.45, 2.75) is 19.4 Å². The SMILES string of the molecule is COCc1ccc(C(=O)N2CC[C@](Cc3cccc(-c4cccs4)c3)(C(N)=O)C2)cc1. The Labute approximate surface area is 186 Å². The summed E-state index contributed by atoms with van der Waals surface area (Å²) in [5, 5.41) is 2.05. The first kappa shape index (κ1) is 21.3. The summed E-state index contributed by atoms with van der Waals surface area (Å²) in [5.74, 6) is -0.417. The van der Waals surface area contributed by atoms with E-state index in [0.29, 0.717) is 38.1 Å². The van der Waals surface area contributed by atoms with Crippen LogP contribution < -0.4 is 5.73 Å². The van der Waals surface area contributed by atoms with Gasteiger partial charge in [-0.1, -0.05) is 42.5 Å². The fraction of sp³-hybridized carbons (Fsp3) is 0.280. The number of hydrogen-bond donors (Lipinski definition) is 1. The van der Waals surface area contributed by atoms with Crippen LogP contribution in [0, 0.1) is 5.41 Å². The topological polar surface area (TPSA) is 72.6 Å². The quantitative estimate of drug-likeness (QED) is 0.608. The number of rotatable bonds is 7. The Kier molecular flexibility index (Phi) is 6.20. The normalized spacial score (nSPS) is 18.3. The Morgan fingerprint density at radius 2 is 1.90 bits per heavy atom. The van der Waals surface area contributed by atoms with Crippen LogP contribution in [0.4, 0.5) is 0 Å². The first-order valence-corrected chi connectivity index (χ1v) is 11.2. The van der Waals surface area contributed by atoms with Crippen LogP contribution in [-0.2, 0) is 22.6 Å². The maximum Gasteiger partial charge on any atom is 0.253 e. The fourth-order valence-electron chi connectivity index (χ4n) is 4.24. The third kappa shape index (κ3) is 4.55. The standard InChI is InChI=1S/C25H26N2O3S/c1-30-16-18-7-9-20(10-8-18)23(28)27-12-11-25(17-27,24(26)29)15-19-4-2-5-21(14-19)22-6-3-13-31-22/h2-10,13-14H,11-12,15-17H2,1H3,(H2,26,29)/t25-/m1/s1. The number of nitrogens with two attached hydrogens (primary N) is 1. The molecule has 0 spiro atoms. The summed E-state index contributed by atoms with van der Waals surface area (Å²) >= 11 is 1.69. The first-order chi connectivity index (χ1) is 15.0. The monoisotopic (exact) mass is 434 g/mol. The minimum absolute atomic E-state index is 0.0700. The van der Waals surface area contributed by atoms with E-state index in [4.69, 9.17) is 10.5 Å². The van der Waals surface area contributed by atoms with E-state index in [9.17, 15) is 9.59 Å². The molecule has 2 heterocycles. The second-order valence-electron chi connectivity index (χ2n) is 8.11. The van der Waals surface area contributed by atoms with E-state index in [0.717, 1.165) is 16.7 Å². The zero-order valence-corrected chi connectivity index (χ0v) is 18.4. The van der Waals surface area contributed by atoms with Crippen molar-refractivity contribution in [1.29, 1.82) is 0 Å². The van der Waals surface area contributed by atoms with Gasteiger partial charge in [0.25, 0.3) is 5.91 Å². The zero-order chi connectivity index (χ0) is 21.8. The molecule has 0 saturated carbocycles. The number of primary amides is 1. The van der Waals surface area contributed by atoms with Crippen molar-refractivity contribution in [3.8, 4) is 10.4 Å². The summed E-state index contributed by atoms with van der Waals surface area (Å²) in [6.45, 7) is 1.37. The molecular formula is C25H26N2O3S. The van der Waals surface area contributed by atoms with Crippen LogP contribution >= 0.6 is 11.3 Å². The van der Waals surface area contributed by atoms with Gasteiger partial charge in [0.05, 0.1) is 12.0 Å². The van der Waals surface area contributed by atoms with Crippen molar-refractivity contribution in [3.05, 3.63) is 82.7 Å². The average molecular weight is 435 g/mol. The molecule has 31 heavy (non-hydrogen) atoms. The van der Waals surface area contributed by atoms with Gasteiger partial charge in [0, 0.05) is 30.6 Å². The van der Waals surface area contributed by atoms with Gasteiger partial charge in [-0.3, -0.25) is 9.59 Å². The Balaban J connectivity index is 1.51. The van der Waals surface area contributed by atoms with Crippen molar-refractivity contribution in [2.24, 2.45) is 11.1 Å².